The van der Waals surface area contributed by atoms with Gasteiger partial charge in [0, 0.05) is 17.2 Å². The third kappa shape index (κ3) is 3.13. The van der Waals surface area contributed by atoms with E-state index in [9.17, 15) is 8.42 Å². The summed E-state index contributed by atoms with van der Waals surface area (Å²) in [6.45, 7) is 0.323. The molecule has 8 heteroatoms. The van der Waals surface area contributed by atoms with E-state index >= 15 is 0 Å². The number of nitrogens with zero attached hydrogens (tertiary/aromatic N) is 3. The van der Waals surface area contributed by atoms with Gasteiger partial charge in [0.25, 0.3) is 0 Å². The second kappa shape index (κ2) is 6.50. The summed E-state index contributed by atoms with van der Waals surface area (Å²) in [4.78, 5) is 8.93. The van der Waals surface area contributed by atoms with Crippen LogP contribution in [0, 0.1) is 0 Å². The van der Waals surface area contributed by atoms with Crippen LogP contribution < -0.4 is 0 Å². The van der Waals surface area contributed by atoms with Crippen LogP contribution in [0.3, 0.4) is 0 Å². The Balaban J connectivity index is 1.78. The van der Waals surface area contributed by atoms with Gasteiger partial charge in [0.05, 0.1) is 28.3 Å². The number of benzene rings is 2. The molecule has 0 radical (unpaired) electrons. The summed E-state index contributed by atoms with van der Waals surface area (Å²) in [5, 5.41) is 3.40. The average molecular weight is 404 g/mol. The summed E-state index contributed by atoms with van der Waals surface area (Å²) in [5.41, 5.74) is 3.04. The molecule has 0 fully saturated rings. The van der Waals surface area contributed by atoms with E-state index in [4.69, 9.17) is 11.6 Å². The van der Waals surface area contributed by atoms with E-state index in [1.165, 1.54) is 17.6 Å². The van der Waals surface area contributed by atoms with Crippen LogP contribution in [0.1, 0.15) is 5.69 Å². The van der Waals surface area contributed by atoms with Gasteiger partial charge in [-0.3, -0.25) is 0 Å². The lowest BCUT2D eigenvalue weighted by atomic mass is 10.2. The Kier molecular flexibility index (Phi) is 4.30. The minimum absolute atomic E-state index is 0.0472. The highest BCUT2D eigenvalue weighted by atomic mass is 35.5. The number of thiazole rings is 1. The minimum atomic E-state index is -3.46. The molecule has 0 aliphatic rings. The molecule has 0 atom stereocenters. The molecule has 5 nitrogen and oxygen atoms in total. The summed E-state index contributed by atoms with van der Waals surface area (Å²) < 4.78 is 26.0. The fraction of sp³-hybridized carbons (Fsp3) is 0.111. The van der Waals surface area contributed by atoms with Gasteiger partial charge in [0.15, 0.2) is 0 Å². The summed E-state index contributed by atoms with van der Waals surface area (Å²) >= 11 is 7.72. The van der Waals surface area contributed by atoms with Crippen LogP contribution in [-0.2, 0) is 16.4 Å². The SMILES string of the molecule is CS(=O)(=O)c1nc2ccccc2n1Cc1csc(-c2ccccc2Cl)n1. The summed E-state index contributed by atoms with van der Waals surface area (Å²) in [5.74, 6) is 0. The smallest absolute Gasteiger partial charge is 0.228 e. The highest BCUT2D eigenvalue weighted by Gasteiger charge is 2.20. The number of para-hydroxylation sites is 2. The maximum absolute atomic E-state index is 12.2. The van der Waals surface area contributed by atoms with Gasteiger partial charge >= 0.3 is 0 Å². The number of rotatable bonds is 4. The van der Waals surface area contributed by atoms with Crippen molar-refractivity contribution >= 4 is 43.8 Å². The molecule has 2 aromatic heterocycles. The summed E-state index contributed by atoms with van der Waals surface area (Å²) in [6, 6.07) is 14.9. The van der Waals surface area contributed by atoms with Gasteiger partial charge in [0.1, 0.15) is 5.01 Å². The fourth-order valence-corrected chi connectivity index (χ4v) is 4.75. The van der Waals surface area contributed by atoms with Gasteiger partial charge in [-0.05, 0) is 18.2 Å². The average Bonchev–Trinajstić information content (AvgIpc) is 3.21. The number of aromatic nitrogens is 3. The first-order valence-corrected chi connectivity index (χ1v) is 10.9. The van der Waals surface area contributed by atoms with Gasteiger partial charge in [-0.1, -0.05) is 41.9 Å². The Labute approximate surface area is 159 Å². The maximum Gasteiger partial charge on any atom is 0.228 e. The first-order valence-electron chi connectivity index (χ1n) is 7.78. The standard InChI is InChI=1S/C18H14ClN3O2S2/c1-26(23,24)18-21-15-8-4-5-9-16(15)22(18)10-12-11-25-17(20-12)13-6-2-3-7-14(13)19/h2-9,11H,10H2,1H3. The molecule has 0 N–H and O–H groups in total. The zero-order valence-corrected chi connectivity index (χ0v) is 16.1. The van der Waals surface area contributed by atoms with E-state index in [0.717, 1.165) is 21.8 Å². The Bertz CT molecular complexity index is 1210. The lowest BCUT2D eigenvalue weighted by Crippen LogP contribution is -2.10. The highest BCUT2D eigenvalue weighted by Crippen LogP contribution is 2.31. The highest BCUT2D eigenvalue weighted by molar-refractivity contribution is 7.90. The van der Waals surface area contributed by atoms with E-state index in [-0.39, 0.29) is 5.16 Å². The molecule has 2 aromatic carbocycles. The third-order valence-corrected chi connectivity index (χ3v) is 6.16. The molecule has 0 saturated carbocycles. The first kappa shape index (κ1) is 17.2. The van der Waals surface area contributed by atoms with Crippen molar-refractivity contribution in [2.75, 3.05) is 6.26 Å². The fourth-order valence-electron chi connectivity index (χ4n) is 2.79. The number of hydrogen-bond donors (Lipinski definition) is 0. The van der Waals surface area contributed by atoms with Crippen LogP contribution in [0.4, 0.5) is 0 Å². The summed E-state index contributed by atoms with van der Waals surface area (Å²) in [6.07, 6.45) is 1.17. The second-order valence-electron chi connectivity index (χ2n) is 5.87. The van der Waals surface area contributed by atoms with Crippen LogP contribution in [0.2, 0.25) is 5.02 Å². The Hall–Kier alpha value is -2.22. The van der Waals surface area contributed by atoms with Crippen LogP contribution in [-0.4, -0.2) is 29.2 Å². The van der Waals surface area contributed by atoms with Crippen molar-refractivity contribution in [3.8, 4) is 10.6 Å². The predicted molar refractivity (Wildman–Crippen MR) is 105 cm³/mol. The van der Waals surface area contributed by atoms with E-state index in [0.29, 0.717) is 17.1 Å². The zero-order valence-electron chi connectivity index (χ0n) is 13.8. The van der Waals surface area contributed by atoms with Crippen molar-refractivity contribution < 1.29 is 8.42 Å². The molecular formula is C18H14ClN3O2S2. The normalized spacial score (nSPS) is 11.9. The van der Waals surface area contributed by atoms with Crippen LogP contribution in [0.5, 0.6) is 0 Å². The lowest BCUT2D eigenvalue weighted by molar-refractivity contribution is 0.580. The van der Waals surface area contributed by atoms with Crippen molar-refractivity contribution in [3.63, 3.8) is 0 Å². The Morgan fingerprint density at radius 1 is 1.08 bits per heavy atom. The molecule has 132 valence electrons. The molecule has 0 aliphatic heterocycles. The van der Waals surface area contributed by atoms with E-state index in [1.54, 1.807) is 10.6 Å². The van der Waals surface area contributed by atoms with E-state index < -0.39 is 9.84 Å². The molecule has 4 rings (SSSR count). The molecule has 0 amide bonds. The van der Waals surface area contributed by atoms with Gasteiger partial charge in [-0.15, -0.1) is 11.3 Å². The molecule has 2 heterocycles. The monoisotopic (exact) mass is 403 g/mol. The zero-order chi connectivity index (χ0) is 18.3. The number of hydrogen-bond acceptors (Lipinski definition) is 5. The lowest BCUT2D eigenvalue weighted by Gasteiger charge is -2.06. The molecule has 0 saturated heterocycles. The topological polar surface area (TPSA) is 64.8 Å². The van der Waals surface area contributed by atoms with Crippen LogP contribution >= 0.6 is 22.9 Å². The van der Waals surface area contributed by atoms with E-state index in [1.807, 2.05) is 47.8 Å². The van der Waals surface area contributed by atoms with Gasteiger partial charge in [-0.25, -0.2) is 18.4 Å². The van der Waals surface area contributed by atoms with Crippen molar-refractivity contribution in [2.45, 2.75) is 11.7 Å². The Morgan fingerprint density at radius 3 is 2.58 bits per heavy atom. The quantitative estimate of drug-likeness (QED) is 0.510. The molecule has 26 heavy (non-hydrogen) atoms. The molecule has 0 bridgehead atoms. The third-order valence-electron chi connectivity index (χ3n) is 3.93. The number of fused-ring (bicyclic) bond motifs is 1. The maximum atomic E-state index is 12.2. The second-order valence-corrected chi connectivity index (χ2v) is 9.04. The molecule has 0 spiro atoms. The largest absolute Gasteiger partial charge is 0.309 e. The van der Waals surface area contributed by atoms with Gasteiger partial charge in [-0.2, -0.15) is 0 Å². The number of sulfone groups is 1. The predicted octanol–water partition coefficient (Wildman–Crippen LogP) is 4.27. The van der Waals surface area contributed by atoms with Crippen LogP contribution in [0.15, 0.2) is 59.1 Å². The van der Waals surface area contributed by atoms with Crippen molar-refractivity contribution in [2.24, 2.45) is 0 Å². The van der Waals surface area contributed by atoms with Crippen LogP contribution in [0.25, 0.3) is 21.6 Å². The molecular weight excluding hydrogens is 390 g/mol. The minimum Gasteiger partial charge on any atom is -0.309 e. The van der Waals surface area contributed by atoms with Crippen molar-refractivity contribution in [1.29, 1.82) is 0 Å². The van der Waals surface area contributed by atoms with Crippen molar-refractivity contribution in [1.82, 2.24) is 14.5 Å². The van der Waals surface area contributed by atoms with E-state index in [2.05, 4.69) is 9.97 Å². The summed E-state index contributed by atoms with van der Waals surface area (Å²) in [7, 11) is -3.46. The Morgan fingerprint density at radius 2 is 1.81 bits per heavy atom. The number of imidazole rings is 1. The number of halogens is 1. The van der Waals surface area contributed by atoms with Crippen molar-refractivity contribution in [3.05, 3.63) is 64.6 Å². The molecule has 0 unspecified atom stereocenters. The first-order chi connectivity index (χ1) is 12.4. The molecule has 4 aromatic rings. The van der Waals surface area contributed by atoms with Gasteiger partial charge < -0.3 is 4.57 Å². The van der Waals surface area contributed by atoms with Gasteiger partial charge in [0.2, 0.25) is 15.0 Å². The molecule has 0 aliphatic carbocycles.